The minimum atomic E-state index is -0.251. The second-order valence-corrected chi connectivity index (χ2v) is 6.35. The Morgan fingerprint density at radius 2 is 1.52 bits per heavy atom. The lowest BCUT2D eigenvalue weighted by Gasteiger charge is -2.14. The quantitative estimate of drug-likeness (QED) is 0.553. The van der Waals surface area contributed by atoms with Gasteiger partial charge in [-0.2, -0.15) is 0 Å². The van der Waals surface area contributed by atoms with Gasteiger partial charge >= 0.3 is 0 Å². The van der Waals surface area contributed by atoms with Crippen LogP contribution in [0.15, 0.2) is 66.7 Å². The molecule has 140 valence electrons. The molecule has 0 fully saturated rings. The molecule has 0 unspecified atom stereocenters. The largest absolute Gasteiger partial charge is 0.490 e. The van der Waals surface area contributed by atoms with E-state index in [1.165, 1.54) is 17.7 Å². The summed E-state index contributed by atoms with van der Waals surface area (Å²) in [5.74, 6) is 1.14. The fourth-order valence-corrected chi connectivity index (χ4v) is 2.67. The third-order valence-corrected chi connectivity index (χ3v) is 4.16. The Bertz CT molecular complexity index is 861. The van der Waals surface area contributed by atoms with E-state index in [0.717, 1.165) is 16.8 Å². The third-order valence-electron chi connectivity index (χ3n) is 4.16. The van der Waals surface area contributed by atoms with Crippen LogP contribution in [-0.2, 0) is 13.2 Å². The number of aryl methyl sites for hydroxylation is 1. The number of anilines is 1. The first-order chi connectivity index (χ1) is 13.1. The fraction of sp³-hybridized carbons (Fsp3) is 0.217. The van der Waals surface area contributed by atoms with Crippen molar-refractivity contribution in [2.24, 2.45) is 0 Å². The van der Waals surface area contributed by atoms with Crippen LogP contribution in [0.5, 0.6) is 11.5 Å². The van der Waals surface area contributed by atoms with Gasteiger partial charge in [-0.25, -0.2) is 4.39 Å². The SMILES string of the molecule is CCOc1cc(CNc2ccc(C)cc2)ccc1OCc1ccc(F)cc1. The van der Waals surface area contributed by atoms with Crippen molar-refractivity contribution in [1.29, 1.82) is 0 Å². The molecule has 0 aliphatic rings. The van der Waals surface area contributed by atoms with Crippen LogP contribution < -0.4 is 14.8 Å². The second-order valence-electron chi connectivity index (χ2n) is 6.35. The van der Waals surface area contributed by atoms with Gasteiger partial charge in [0.15, 0.2) is 11.5 Å². The second kappa shape index (κ2) is 9.08. The molecule has 0 aliphatic carbocycles. The average molecular weight is 365 g/mol. The highest BCUT2D eigenvalue weighted by Gasteiger charge is 2.07. The van der Waals surface area contributed by atoms with E-state index < -0.39 is 0 Å². The van der Waals surface area contributed by atoms with Gasteiger partial charge in [-0.3, -0.25) is 0 Å². The molecule has 3 nitrogen and oxygen atoms in total. The Morgan fingerprint density at radius 1 is 0.815 bits per heavy atom. The lowest BCUT2D eigenvalue weighted by atomic mass is 10.2. The maximum atomic E-state index is 13.0. The monoisotopic (exact) mass is 365 g/mol. The molecule has 3 rings (SSSR count). The van der Waals surface area contributed by atoms with Gasteiger partial charge in [0.05, 0.1) is 6.61 Å². The van der Waals surface area contributed by atoms with E-state index in [2.05, 4.69) is 36.5 Å². The molecule has 3 aromatic carbocycles. The van der Waals surface area contributed by atoms with Crippen LogP contribution in [0.25, 0.3) is 0 Å². The van der Waals surface area contributed by atoms with E-state index in [1.807, 2.05) is 25.1 Å². The van der Waals surface area contributed by atoms with Crippen molar-refractivity contribution >= 4 is 5.69 Å². The molecule has 0 bridgehead atoms. The standard InChI is InChI=1S/C23H24FNO2/c1-3-26-23-14-19(15-25-21-11-4-17(2)5-12-21)8-13-22(23)27-16-18-6-9-20(24)10-7-18/h4-14,25H,3,15-16H2,1-2H3. The van der Waals surface area contributed by atoms with Crippen LogP contribution in [0.3, 0.4) is 0 Å². The molecule has 0 radical (unpaired) electrons. The minimum Gasteiger partial charge on any atom is -0.490 e. The van der Waals surface area contributed by atoms with E-state index >= 15 is 0 Å². The van der Waals surface area contributed by atoms with Crippen LogP contribution in [0.4, 0.5) is 10.1 Å². The summed E-state index contributed by atoms with van der Waals surface area (Å²) in [7, 11) is 0. The molecule has 0 spiro atoms. The number of rotatable bonds is 8. The number of nitrogens with one attached hydrogen (secondary N) is 1. The summed E-state index contributed by atoms with van der Waals surface area (Å²) >= 11 is 0. The Balaban J connectivity index is 1.66. The predicted molar refractivity (Wildman–Crippen MR) is 107 cm³/mol. The summed E-state index contributed by atoms with van der Waals surface area (Å²) in [5.41, 5.74) is 4.33. The fourth-order valence-electron chi connectivity index (χ4n) is 2.67. The molecule has 3 aromatic rings. The predicted octanol–water partition coefficient (Wildman–Crippen LogP) is 5.72. The van der Waals surface area contributed by atoms with Gasteiger partial charge < -0.3 is 14.8 Å². The van der Waals surface area contributed by atoms with Crippen molar-refractivity contribution in [3.05, 3.63) is 89.2 Å². The Kier molecular flexibility index (Phi) is 6.31. The average Bonchev–Trinajstić information content (AvgIpc) is 2.68. The highest BCUT2D eigenvalue weighted by molar-refractivity contribution is 5.47. The molecule has 0 aliphatic heterocycles. The maximum Gasteiger partial charge on any atom is 0.161 e. The van der Waals surface area contributed by atoms with Crippen molar-refractivity contribution < 1.29 is 13.9 Å². The van der Waals surface area contributed by atoms with Gasteiger partial charge in [-0.05, 0) is 61.4 Å². The maximum absolute atomic E-state index is 13.0. The molecule has 0 atom stereocenters. The van der Waals surface area contributed by atoms with E-state index in [4.69, 9.17) is 9.47 Å². The number of benzene rings is 3. The summed E-state index contributed by atoms with van der Waals surface area (Å²) in [5, 5.41) is 3.41. The highest BCUT2D eigenvalue weighted by Crippen LogP contribution is 2.29. The van der Waals surface area contributed by atoms with Crippen molar-refractivity contribution in [3.63, 3.8) is 0 Å². The smallest absolute Gasteiger partial charge is 0.161 e. The Morgan fingerprint density at radius 3 is 2.22 bits per heavy atom. The van der Waals surface area contributed by atoms with Crippen LogP contribution in [0.1, 0.15) is 23.6 Å². The van der Waals surface area contributed by atoms with Crippen molar-refractivity contribution in [3.8, 4) is 11.5 Å². The third kappa shape index (κ3) is 5.48. The van der Waals surface area contributed by atoms with Crippen LogP contribution in [0, 0.1) is 12.7 Å². The highest BCUT2D eigenvalue weighted by atomic mass is 19.1. The van der Waals surface area contributed by atoms with Crippen LogP contribution in [0.2, 0.25) is 0 Å². The van der Waals surface area contributed by atoms with Crippen LogP contribution >= 0.6 is 0 Å². The van der Waals surface area contributed by atoms with Gasteiger partial charge in [0, 0.05) is 12.2 Å². The lowest BCUT2D eigenvalue weighted by Crippen LogP contribution is -2.03. The number of halogens is 1. The zero-order chi connectivity index (χ0) is 19.1. The van der Waals surface area contributed by atoms with Gasteiger partial charge in [-0.15, -0.1) is 0 Å². The zero-order valence-corrected chi connectivity index (χ0v) is 15.7. The summed E-state index contributed by atoms with van der Waals surface area (Å²) in [6.45, 7) is 5.63. The van der Waals surface area contributed by atoms with Crippen molar-refractivity contribution in [2.45, 2.75) is 27.0 Å². The molecular weight excluding hydrogens is 341 g/mol. The van der Waals surface area contributed by atoms with Crippen molar-refractivity contribution in [1.82, 2.24) is 0 Å². The minimum absolute atomic E-state index is 0.251. The van der Waals surface area contributed by atoms with E-state index in [1.54, 1.807) is 12.1 Å². The van der Waals surface area contributed by atoms with Crippen molar-refractivity contribution in [2.75, 3.05) is 11.9 Å². The summed E-state index contributed by atoms with van der Waals surface area (Å²) in [4.78, 5) is 0. The van der Waals surface area contributed by atoms with E-state index in [0.29, 0.717) is 31.3 Å². The molecule has 4 heteroatoms. The molecule has 0 heterocycles. The van der Waals surface area contributed by atoms with E-state index in [-0.39, 0.29) is 5.82 Å². The summed E-state index contributed by atoms with van der Waals surface area (Å²) < 4.78 is 24.6. The van der Waals surface area contributed by atoms with Gasteiger partial charge in [-0.1, -0.05) is 35.9 Å². The molecule has 1 N–H and O–H groups in total. The molecule has 0 saturated carbocycles. The normalized spacial score (nSPS) is 10.5. The Hall–Kier alpha value is -3.01. The molecule has 27 heavy (non-hydrogen) atoms. The first-order valence-electron chi connectivity index (χ1n) is 9.07. The summed E-state index contributed by atoms with van der Waals surface area (Å²) in [6.07, 6.45) is 0. The number of hydrogen-bond donors (Lipinski definition) is 1. The van der Waals surface area contributed by atoms with E-state index in [9.17, 15) is 4.39 Å². The molecular formula is C23H24FNO2. The number of hydrogen-bond acceptors (Lipinski definition) is 3. The van der Waals surface area contributed by atoms with Gasteiger partial charge in [0.25, 0.3) is 0 Å². The Labute approximate surface area is 159 Å². The first kappa shape index (κ1) is 18.8. The zero-order valence-electron chi connectivity index (χ0n) is 15.7. The first-order valence-corrected chi connectivity index (χ1v) is 9.07. The number of ether oxygens (including phenoxy) is 2. The molecule has 0 aromatic heterocycles. The lowest BCUT2D eigenvalue weighted by molar-refractivity contribution is 0.269. The van der Waals surface area contributed by atoms with Crippen LogP contribution in [-0.4, -0.2) is 6.61 Å². The molecule has 0 saturated heterocycles. The van der Waals surface area contributed by atoms with Gasteiger partial charge in [0.1, 0.15) is 12.4 Å². The van der Waals surface area contributed by atoms with Gasteiger partial charge in [0.2, 0.25) is 0 Å². The topological polar surface area (TPSA) is 30.5 Å². The molecule has 0 amide bonds. The summed E-state index contributed by atoms with van der Waals surface area (Å²) in [6, 6.07) is 20.5.